The summed E-state index contributed by atoms with van der Waals surface area (Å²) in [6.07, 6.45) is 2.14. The number of aldehydes is 1. The lowest BCUT2D eigenvalue weighted by Crippen LogP contribution is -2.73. The predicted octanol–water partition coefficient (Wildman–Crippen LogP) is 1.87. The summed E-state index contributed by atoms with van der Waals surface area (Å²) < 4.78 is 13.9. The molecule has 6 nitrogen and oxygen atoms in total. The molecule has 2 aliphatic rings. The van der Waals surface area contributed by atoms with Crippen molar-refractivity contribution < 1.29 is 14.0 Å². The van der Waals surface area contributed by atoms with Gasteiger partial charge in [-0.1, -0.05) is 0 Å². The minimum absolute atomic E-state index is 0.0178. The molecule has 2 aromatic rings. The molecule has 1 spiro atoms. The molecule has 4 rings (SSSR count). The van der Waals surface area contributed by atoms with Crippen LogP contribution in [0.4, 0.5) is 10.2 Å². The number of anilines is 1. The summed E-state index contributed by atoms with van der Waals surface area (Å²) in [5, 5.41) is 8.81. The maximum Gasteiger partial charge on any atom is 0.256 e. The number of rotatable bonds is 3. The third-order valence-corrected chi connectivity index (χ3v) is 4.95. The molecule has 1 aromatic carbocycles. The second kappa shape index (κ2) is 5.92. The van der Waals surface area contributed by atoms with Gasteiger partial charge in [0.05, 0.1) is 11.1 Å². The van der Waals surface area contributed by atoms with E-state index in [9.17, 15) is 14.0 Å². The maximum absolute atomic E-state index is 13.9. The zero-order valence-corrected chi connectivity index (χ0v) is 13.9. The molecule has 26 heavy (non-hydrogen) atoms. The largest absolute Gasteiger partial charge is 0.355 e. The fourth-order valence-corrected chi connectivity index (χ4v) is 3.62. The van der Waals surface area contributed by atoms with Gasteiger partial charge in [-0.15, -0.1) is 0 Å². The number of nitriles is 1. The highest BCUT2D eigenvalue weighted by molar-refractivity contribution is 5.96. The molecule has 0 radical (unpaired) electrons. The van der Waals surface area contributed by atoms with Gasteiger partial charge < -0.3 is 9.80 Å². The Bertz CT molecular complexity index is 922. The Kier molecular flexibility index (Phi) is 3.69. The second-order valence-electron chi connectivity index (χ2n) is 6.89. The summed E-state index contributed by atoms with van der Waals surface area (Å²) in [5.41, 5.74) is 0.759. The molecule has 0 aliphatic carbocycles. The number of carbonyl (C=O) groups excluding carboxylic acids is 2. The van der Waals surface area contributed by atoms with E-state index in [0.29, 0.717) is 24.9 Å². The van der Waals surface area contributed by atoms with E-state index in [1.165, 1.54) is 12.1 Å². The molecule has 2 fully saturated rings. The zero-order chi connectivity index (χ0) is 18.3. The van der Waals surface area contributed by atoms with Crippen LogP contribution in [0.1, 0.15) is 26.3 Å². The van der Waals surface area contributed by atoms with E-state index in [-0.39, 0.29) is 22.4 Å². The van der Waals surface area contributed by atoms with Crippen molar-refractivity contribution in [3.63, 3.8) is 0 Å². The first-order valence-electron chi connectivity index (χ1n) is 8.19. The predicted molar refractivity (Wildman–Crippen MR) is 91.3 cm³/mol. The third-order valence-electron chi connectivity index (χ3n) is 4.95. The van der Waals surface area contributed by atoms with Crippen molar-refractivity contribution >= 4 is 18.0 Å². The van der Waals surface area contributed by atoms with Gasteiger partial charge in [0.2, 0.25) is 0 Å². The molecule has 3 heterocycles. The maximum atomic E-state index is 13.9. The molecule has 2 aliphatic heterocycles. The lowest BCUT2D eigenvalue weighted by Gasteiger charge is -2.60. The molecule has 0 bridgehead atoms. The van der Waals surface area contributed by atoms with E-state index in [1.807, 2.05) is 12.1 Å². The van der Waals surface area contributed by atoms with Crippen LogP contribution in [-0.4, -0.2) is 48.3 Å². The highest BCUT2D eigenvalue weighted by atomic mass is 19.1. The van der Waals surface area contributed by atoms with Crippen LogP contribution in [0, 0.1) is 22.6 Å². The van der Waals surface area contributed by atoms with E-state index in [1.54, 1.807) is 17.2 Å². The van der Waals surface area contributed by atoms with Gasteiger partial charge in [0.1, 0.15) is 24.0 Å². The van der Waals surface area contributed by atoms with Gasteiger partial charge in [0, 0.05) is 43.4 Å². The van der Waals surface area contributed by atoms with Gasteiger partial charge in [-0.05, 0) is 30.3 Å². The first kappa shape index (κ1) is 16.2. The van der Waals surface area contributed by atoms with Gasteiger partial charge in [-0.25, -0.2) is 9.37 Å². The average Bonchev–Trinajstić information content (AvgIpc) is 2.60. The van der Waals surface area contributed by atoms with Crippen LogP contribution in [-0.2, 0) is 0 Å². The summed E-state index contributed by atoms with van der Waals surface area (Å²) >= 11 is 0. The first-order chi connectivity index (χ1) is 12.5. The first-order valence-corrected chi connectivity index (χ1v) is 8.19. The van der Waals surface area contributed by atoms with E-state index in [0.717, 1.165) is 25.0 Å². The minimum Gasteiger partial charge on any atom is -0.355 e. The minimum atomic E-state index is -0.612. The van der Waals surface area contributed by atoms with E-state index < -0.39 is 5.82 Å². The summed E-state index contributed by atoms with van der Waals surface area (Å²) in [5.74, 6) is -0.186. The summed E-state index contributed by atoms with van der Waals surface area (Å²) in [7, 11) is 0. The van der Waals surface area contributed by atoms with Crippen LogP contribution in [0.5, 0.6) is 0 Å². The van der Waals surface area contributed by atoms with Gasteiger partial charge in [-0.2, -0.15) is 5.26 Å². The summed E-state index contributed by atoms with van der Waals surface area (Å²) in [6, 6.07) is 9.37. The van der Waals surface area contributed by atoms with E-state index in [4.69, 9.17) is 5.26 Å². The average molecular weight is 350 g/mol. The monoisotopic (exact) mass is 350 g/mol. The van der Waals surface area contributed by atoms with Crippen molar-refractivity contribution in [2.45, 2.75) is 0 Å². The number of aromatic nitrogens is 1. The SMILES string of the molecule is N#Cc1ccc(N2CC3(CN(C(=O)c4cc(C=O)ccc4F)C3)C2)nc1. The van der Waals surface area contributed by atoms with Crippen molar-refractivity contribution in [2.75, 3.05) is 31.1 Å². The normalized spacial score (nSPS) is 17.2. The highest BCUT2D eigenvalue weighted by Crippen LogP contribution is 2.42. The van der Waals surface area contributed by atoms with E-state index in [2.05, 4.69) is 9.88 Å². The molecular formula is C19H15FN4O2. The summed E-state index contributed by atoms with van der Waals surface area (Å²) in [4.78, 5) is 31.3. The number of halogens is 1. The van der Waals surface area contributed by atoms with Crippen LogP contribution in [0.15, 0.2) is 36.5 Å². The smallest absolute Gasteiger partial charge is 0.256 e. The quantitative estimate of drug-likeness (QED) is 0.790. The van der Waals surface area contributed by atoms with Crippen molar-refractivity contribution in [3.8, 4) is 6.07 Å². The Morgan fingerprint density at radius 2 is 2.00 bits per heavy atom. The lowest BCUT2D eigenvalue weighted by atomic mass is 9.72. The number of carbonyl (C=O) groups is 2. The van der Waals surface area contributed by atoms with Gasteiger partial charge in [-0.3, -0.25) is 9.59 Å². The van der Waals surface area contributed by atoms with Crippen molar-refractivity contribution in [1.82, 2.24) is 9.88 Å². The highest BCUT2D eigenvalue weighted by Gasteiger charge is 2.53. The Labute approximate surface area is 149 Å². The van der Waals surface area contributed by atoms with Crippen LogP contribution in [0.2, 0.25) is 0 Å². The molecule has 2 saturated heterocycles. The molecule has 7 heteroatoms. The number of amides is 1. The van der Waals surface area contributed by atoms with Crippen LogP contribution in [0.25, 0.3) is 0 Å². The zero-order valence-electron chi connectivity index (χ0n) is 13.9. The molecule has 0 N–H and O–H groups in total. The molecular weight excluding hydrogens is 335 g/mol. The van der Waals surface area contributed by atoms with Crippen LogP contribution in [0.3, 0.4) is 0 Å². The molecule has 0 saturated carbocycles. The molecule has 130 valence electrons. The Morgan fingerprint density at radius 3 is 2.62 bits per heavy atom. The summed E-state index contributed by atoms with van der Waals surface area (Å²) in [6.45, 7) is 2.66. The lowest BCUT2D eigenvalue weighted by molar-refractivity contribution is -0.0110. The third kappa shape index (κ3) is 2.60. The van der Waals surface area contributed by atoms with Crippen molar-refractivity contribution in [1.29, 1.82) is 5.26 Å². The van der Waals surface area contributed by atoms with Gasteiger partial charge in [0.25, 0.3) is 5.91 Å². The molecule has 0 unspecified atom stereocenters. The number of nitrogens with zero attached hydrogens (tertiary/aromatic N) is 4. The van der Waals surface area contributed by atoms with Gasteiger partial charge in [0.15, 0.2) is 0 Å². The Hall–Kier alpha value is -3.27. The topological polar surface area (TPSA) is 77.3 Å². The van der Waals surface area contributed by atoms with Crippen molar-refractivity contribution in [2.24, 2.45) is 5.41 Å². The fraction of sp³-hybridized carbons (Fsp3) is 0.263. The molecule has 0 atom stereocenters. The van der Waals surface area contributed by atoms with Crippen LogP contribution >= 0.6 is 0 Å². The van der Waals surface area contributed by atoms with Gasteiger partial charge >= 0.3 is 0 Å². The standard InChI is InChI=1S/C19H15FN4O2/c20-16-3-1-13(8-25)5-15(16)18(26)24-11-19(12-24)9-23(10-19)17-4-2-14(6-21)7-22-17/h1-5,7-8H,9-12H2. The number of hydrogen-bond donors (Lipinski definition) is 0. The Morgan fingerprint density at radius 1 is 1.23 bits per heavy atom. The molecule has 1 aromatic heterocycles. The van der Waals surface area contributed by atoms with Crippen LogP contribution < -0.4 is 4.90 Å². The second-order valence-corrected chi connectivity index (χ2v) is 6.89. The van der Waals surface area contributed by atoms with E-state index >= 15 is 0 Å². The number of hydrogen-bond acceptors (Lipinski definition) is 5. The Balaban J connectivity index is 1.38. The fourth-order valence-electron chi connectivity index (χ4n) is 3.62. The number of benzene rings is 1. The number of likely N-dealkylation sites (tertiary alicyclic amines) is 1. The number of pyridine rings is 1. The van der Waals surface area contributed by atoms with Crippen molar-refractivity contribution in [3.05, 3.63) is 59.0 Å². The molecule has 1 amide bonds.